The van der Waals surface area contributed by atoms with Crippen LogP contribution in [0.5, 0.6) is 0 Å². The molecular weight excluding hydrogens is 318 g/mol. The van der Waals surface area contributed by atoms with Crippen LogP contribution < -0.4 is 0 Å². The summed E-state index contributed by atoms with van der Waals surface area (Å²) in [4.78, 5) is 7.38. The van der Waals surface area contributed by atoms with Gasteiger partial charge in [0.1, 0.15) is 5.01 Å². The van der Waals surface area contributed by atoms with Crippen molar-refractivity contribution >= 4 is 16.9 Å². The normalized spacial score (nSPS) is 16.3. The van der Waals surface area contributed by atoms with Gasteiger partial charge >= 0.3 is 0 Å². The van der Waals surface area contributed by atoms with Crippen molar-refractivity contribution in [1.29, 1.82) is 0 Å². The molecule has 126 valence electrons. The van der Waals surface area contributed by atoms with Crippen LogP contribution in [-0.2, 0) is 11.3 Å². The fourth-order valence-corrected chi connectivity index (χ4v) is 4.12. The maximum absolute atomic E-state index is 5.43. The van der Waals surface area contributed by atoms with Gasteiger partial charge in [-0.15, -0.1) is 11.3 Å². The van der Waals surface area contributed by atoms with E-state index in [1.807, 2.05) is 0 Å². The van der Waals surface area contributed by atoms with Gasteiger partial charge in [0.05, 0.1) is 31.1 Å². The molecule has 0 aliphatic carbocycles. The lowest BCUT2D eigenvalue weighted by atomic mass is 10.0. The maximum Gasteiger partial charge on any atom is 0.107 e. The zero-order valence-corrected chi connectivity index (χ0v) is 15.1. The van der Waals surface area contributed by atoms with Crippen molar-refractivity contribution in [3.8, 4) is 11.4 Å². The first kappa shape index (κ1) is 15.8. The summed E-state index contributed by atoms with van der Waals surface area (Å²) in [7, 11) is 0. The summed E-state index contributed by atoms with van der Waals surface area (Å²) in [6.45, 7) is 9.09. The molecule has 1 aliphatic rings. The van der Waals surface area contributed by atoms with Crippen molar-refractivity contribution in [2.75, 3.05) is 26.3 Å². The number of ether oxygens (including phenoxy) is 1. The molecule has 0 N–H and O–H groups in total. The Morgan fingerprint density at radius 1 is 1.25 bits per heavy atom. The minimum absolute atomic E-state index is 0.476. The van der Waals surface area contributed by atoms with Gasteiger partial charge in [-0.2, -0.15) is 0 Å². The number of aromatic nitrogens is 2. The second-order valence-corrected chi connectivity index (χ2v) is 7.56. The van der Waals surface area contributed by atoms with Crippen LogP contribution in [0.15, 0.2) is 35.8 Å². The number of fused-ring (bicyclic) bond motifs is 1. The van der Waals surface area contributed by atoms with E-state index in [2.05, 4.69) is 59.0 Å². The summed E-state index contributed by atoms with van der Waals surface area (Å²) in [6, 6.07) is 8.63. The van der Waals surface area contributed by atoms with Crippen LogP contribution in [0.1, 0.15) is 30.3 Å². The van der Waals surface area contributed by atoms with Gasteiger partial charge in [0, 0.05) is 30.2 Å². The number of hydrogen-bond acceptors (Lipinski definition) is 4. The number of thiazole rings is 1. The Morgan fingerprint density at radius 2 is 2.08 bits per heavy atom. The maximum atomic E-state index is 5.43. The van der Waals surface area contributed by atoms with E-state index >= 15 is 0 Å². The first-order chi connectivity index (χ1) is 11.7. The minimum atomic E-state index is 0.476. The fraction of sp³-hybridized carbons (Fsp3) is 0.421. The van der Waals surface area contributed by atoms with Gasteiger partial charge in [-0.3, -0.25) is 4.90 Å². The third-order valence-corrected chi connectivity index (χ3v) is 5.42. The Balaban J connectivity index is 1.68. The molecule has 3 aromatic rings. The molecule has 3 aromatic heterocycles. The van der Waals surface area contributed by atoms with Crippen molar-refractivity contribution in [2.24, 2.45) is 0 Å². The molecule has 0 radical (unpaired) electrons. The largest absolute Gasteiger partial charge is 0.379 e. The molecule has 0 aromatic carbocycles. The summed E-state index contributed by atoms with van der Waals surface area (Å²) >= 11 is 1.76. The average Bonchev–Trinajstić information content (AvgIpc) is 3.19. The molecule has 4 rings (SSSR count). The molecular formula is C19H23N3OS. The molecule has 1 saturated heterocycles. The predicted molar refractivity (Wildman–Crippen MR) is 98.7 cm³/mol. The van der Waals surface area contributed by atoms with E-state index < -0.39 is 0 Å². The summed E-state index contributed by atoms with van der Waals surface area (Å²) < 4.78 is 7.70. The third-order valence-electron chi connectivity index (χ3n) is 4.59. The van der Waals surface area contributed by atoms with Gasteiger partial charge < -0.3 is 9.14 Å². The molecule has 0 bridgehead atoms. The Morgan fingerprint density at radius 3 is 2.88 bits per heavy atom. The second-order valence-electron chi connectivity index (χ2n) is 6.61. The van der Waals surface area contributed by atoms with Crippen molar-refractivity contribution < 1.29 is 4.74 Å². The Kier molecular flexibility index (Phi) is 4.39. The lowest BCUT2D eigenvalue weighted by Gasteiger charge is -2.25. The van der Waals surface area contributed by atoms with Crippen LogP contribution in [0.2, 0.25) is 0 Å². The van der Waals surface area contributed by atoms with E-state index in [1.54, 1.807) is 11.3 Å². The lowest BCUT2D eigenvalue weighted by Crippen LogP contribution is -2.35. The van der Waals surface area contributed by atoms with Gasteiger partial charge in [-0.1, -0.05) is 19.9 Å². The zero-order chi connectivity index (χ0) is 16.5. The van der Waals surface area contributed by atoms with E-state index in [-0.39, 0.29) is 0 Å². The SMILES string of the molecule is CC(C)c1cc2ccccn2c1-c1csc(CN2CCOCC2)n1. The van der Waals surface area contributed by atoms with Gasteiger partial charge in [0.2, 0.25) is 0 Å². The number of hydrogen-bond donors (Lipinski definition) is 0. The smallest absolute Gasteiger partial charge is 0.107 e. The molecule has 0 saturated carbocycles. The minimum Gasteiger partial charge on any atom is -0.379 e. The number of rotatable bonds is 4. The zero-order valence-electron chi connectivity index (χ0n) is 14.2. The molecule has 0 amide bonds. The number of nitrogens with zero attached hydrogens (tertiary/aromatic N) is 3. The highest BCUT2D eigenvalue weighted by Crippen LogP contribution is 2.33. The van der Waals surface area contributed by atoms with Crippen LogP contribution in [-0.4, -0.2) is 40.6 Å². The highest BCUT2D eigenvalue weighted by molar-refractivity contribution is 7.09. The van der Waals surface area contributed by atoms with Crippen LogP contribution in [0.4, 0.5) is 0 Å². The average molecular weight is 341 g/mol. The van der Waals surface area contributed by atoms with Gasteiger partial charge in [-0.25, -0.2) is 4.98 Å². The monoisotopic (exact) mass is 341 g/mol. The fourth-order valence-electron chi connectivity index (χ4n) is 3.30. The highest BCUT2D eigenvalue weighted by Gasteiger charge is 2.18. The lowest BCUT2D eigenvalue weighted by molar-refractivity contribution is 0.0342. The first-order valence-corrected chi connectivity index (χ1v) is 9.45. The van der Waals surface area contributed by atoms with Crippen molar-refractivity contribution in [1.82, 2.24) is 14.3 Å². The molecule has 4 nitrogen and oxygen atoms in total. The Hall–Kier alpha value is -1.69. The predicted octanol–water partition coefficient (Wildman–Crippen LogP) is 4.02. The Labute approximate surface area is 146 Å². The van der Waals surface area contributed by atoms with Gasteiger partial charge in [0.15, 0.2) is 0 Å². The van der Waals surface area contributed by atoms with Crippen LogP contribution in [0.3, 0.4) is 0 Å². The molecule has 1 aliphatic heterocycles. The van der Waals surface area contributed by atoms with E-state index in [0.29, 0.717) is 5.92 Å². The summed E-state index contributed by atoms with van der Waals surface area (Å²) in [6.07, 6.45) is 2.14. The van der Waals surface area contributed by atoms with E-state index in [9.17, 15) is 0 Å². The van der Waals surface area contributed by atoms with E-state index in [0.717, 1.165) is 38.5 Å². The molecule has 0 spiro atoms. The van der Waals surface area contributed by atoms with E-state index in [4.69, 9.17) is 9.72 Å². The van der Waals surface area contributed by atoms with Crippen LogP contribution in [0, 0.1) is 0 Å². The topological polar surface area (TPSA) is 29.8 Å². The van der Waals surface area contributed by atoms with Crippen molar-refractivity contribution in [3.05, 3.63) is 46.4 Å². The Bertz CT molecular complexity index is 830. The number of pyridine rings is 1. The summed E-state index contributed by atoms with van der Waals surface area (Å²) in [5, 5.41) is 3.39. The van der Waals surface area contributed by atoms with Gasteiger partial charge in [-0.05, 0) is 29.7 Å². The molecule has 1 fully saturated rings. The van der Waals surface area contributed by atoms with Crippen LogP contribution >= 0.6 is 11.3 Å². The van der Waals surface area contributed by atoms with Gasteiger partial charge in [0.25, 0.3) is 0 Å². The third kappa shape index (κ3) is 2.99. The molecule has 5 heteroatoms. The van der Waals surface area contributed by atoms with Crippen molar-refractivity contribution in [2.45, 2.75) is 26.3 Å². The number of morpholine rings is 1. The second kappa shape index (κ2) is 6.67. The quantitative estimate of drug-likeness (QED) is 0.718. The van der Waals surface area contributed by atoms with E-state index in [1.165, 1.54) is 21.8 Å². The molecule has 24 heavy (non-hydrogen) atoms. The standard InChI is InChI=1S/C19H23N3OS/c1-14(2)16-11-15-5-3-4-6-22(15)19(16)17-13-24-18(20-17)12-21-7-9-23-10-8-21/h3-6,11,13-14H,7-10,12H2,1-2H3. The molecule has 4 heterocycles. The summed E-state index contributed by atoms with van der Waals surface area (Å²) in [5.41, 5.74) is 4.94. The highest BCUT2D eigenvalue weighted by atomic mass is 32.1. The van der Waals surface area contributed by atoms with Crippen molar-refractivity contribution in [3.63, 3.8) is 0 Å². The molecule has 0 atom stereocenters. The summed E-state index contributed by atoms with van der Waals surface area (Å²) in [5.74, 6) is 0.476. The molecule has 0 unspecified atom stereocenters. The van der Waals surface area contributed by atoms with Crippen LogP contribution in [0.25, 0.3) is 16.9 Å². The first-order valence-electron chi connectivity index (χ1n) is 8.57.